The number of benzene rings is 2. The highest BCUT2D eigenvalue weighted by Gasteiger charge is 2.53. The number of aromatic nitrogens is 2. The second-order valence-corrected chi connectivity index (χ2v) is 16.3. The van der Waals surface area contributed by atoms with E-state index >= 15 is 4.39 Å². The molecule has 0 radical (unpaired) electrons. The summed E-state index contributed by atoms with van der Waals surface area (Å²) in [4.78, 5) is 35.3. The highest BCUT2D eigenvalue weighted by Crippen LogP contribution is 2.52. The van der Waals surface area contributed by atoms with Crippen LogP contribution in [0.5, 0.6) is 0 Å². The number of rotatable bonds is 10. The molecule has 1 fully saturated rings. The molecule has 12 heteroatoms. The SMILES string of the molecule is CC(C)(C)OC(=O)NC1CCC(N(CC(c2ccccc2)C2(OCc3ncccn3)C=CC(Cl)(C#N)C(c3ccccc3)=C2F)C(=O)OC(C)(C)C)CC1. The van der Waals surface area contributed by atoms with Crippen molar-refractivity contribution in [3.63, 3.8) is 0 Å². The molecule has 3 atom stereocenters. The van der Waals surface area contributed by atoms with Crippen LogP contribution in [0.2, 0.25) is 0 Å². The van der Waals surface area contributed by atoms with Crippen LogP contribution in [0.15, 0.2) is 97.1 Å². The summed E-state index contributed by atoms with van der Waals surface area (Å²) < 4.78 is 36.2. The van der Waals surface area contributed by atoms with Crippen molar-refractivity contribution in [3.05, 3.63) is 114 Å². The van der Waals surface area contributed by atoms with Gasteiger partial charge in [0.15, 0.2) is 10.7 Å². The molecule has 0 bridgehead atoms. The van der Waals surface area contributed by atoms with Gasteiger partial charge in [-0.05, 0) is 96.6 Å². The average Bonchev–Trinajstić information content (AvgIpc) is 3.12. The molecule has 0 aliphatic heterocycles. The molecule has 2 aromatic carbocycles. The van der Waals surface area contributed by atoms with E-state index in [1.165, 1.54) is 12.2 Å². The Morgan fingerprint density at radius 2 is 1.52 bits per heavy atom. The van der Waals surface area contributed by atoms with E-state index in [9.17, 15) is 14.9 Å². The largest absolute Gasteiger partial charge is 0.444 e. The van der Waals surface area contributed by atoms with Gasteiger partial charge in [-0.15, -0.1) is 0 Å². The van der Waals surface area contributed by atoms with Crippen LogP contribution in [-0.4, -0.2) is 67.4 Å². The summed E-state index contributed by atoms with van der Waals surface area (Å²) in [5, 5.41) is 13.3. The van der Waals surface area contributed by atoms with E-state index in [0.29, 0.717) is 42.6 Å². The lowest BCUT2D eigenvalue weighted by molar-refractivity contribution is -0.0448. The van der Waals surface area contributed by atoms with Gasteiger partial charge in [0.1, 0.15) is 29.2 Å². The number of alkyl halides is 1. The summed E-state index contributed by atoms with van der Waals surface area (Å²) in [7, 11) is 0. The van der Waals surface area contributed by atoms with Crippen molar-refractivity contribution in [2.24, 2.45) is 0 Å². The van der Waals surface area contributed by atoms with E-state index in [1.807, 2.05) is 51.1 Å². The van der Waals surface area contributed by atoms with Crippen molar-refractivity contribution in [1.29, 1.82) is 5.26 Å². The van der Waals surface area contributed by atoms with Crippen molar-refractivity contribution in [3.8, 4) is 6.07 Å². The summed E-state index contributed by atoms with van der Waals surface area (Å²) in [5.74, 6) is -1.34. The Morgan fingerprint density at radius 3 is 2.09 bits per heavy atom. The molecule has 1 aromatic heterocycles. The third kappa shape index (κ3) is 9.84. The zero-order chi connectivity index (χ0) is 39.1. The fourth-order valence-electron chi connectivity index (χ4n) is 6.92. The molecule has 54 heavy (non-hydrogen) atoms. The predicted molar refractivity (Wildman–Crippen MR) is 205 cm³/mol. The van der Waals surface area contributed by atoms with Crippen molar-refractivity contribution >= 4 is 29.4 Å². The van der Waals surface area contributed by atoms with Crippen LogP contribution in [0.3, 0.4) is 0 Å². The maximum absolute atomic E-state index is 18.1. The molecule has 1 heterocycles. The van der Waals surface area contributed by atoms with Gasteiger partial charge in [0, 0.05) is 42.5 Å². The minimum atomic E-state index is -1.89. The Balaban J connectivity index is 1.61. The van der Waals surface area contributed by atoms with Crippen molar-refractivity contribution in [2.75, 3.05) is 6.54 Å². The fourth-order valence-corrected chi connectivity index (χ4v) is 7.18. The van der Waals surface area contributed by atoms with E-state index in [1.54, 1.807) is 74.5 Å². The van der Waals surface area contributed by atoms with Crippen molar-refractivity contribution in [2.45, 2.75) is 114 Å². The first-order valence-corrected chi connectivity index (χ1v) is 18.6. The molecule has 2 aliphatic rings. The molecule has 5 rings (SSSR count). The maximum atomic E-state index is 18.1. The van der Waals surface area contributed by atoms with Crippen LogP contribution >= 0.6 is 11.6 Å². The molecule has 3 unspecified atom stereocenters. The summed E-state index contributed by atoms with van der Waals surface area (Å²) in [5.41, 5.74) is -2.33. The monoisotopic (exact) mass is 757 g/mol. The van der Waals surface area contributed by atoms with Crippen LogP contribution in [0.4, 0.5) is 14.0 Å². The van der Waals surface area contributed by atoms with Crippen LogP contribution in [0.25, 0.3) is 5.57 Å². The second kappa shape index (κ2) is 16.7. The van der Waals surface area contributed by atoms with E-state index < -0.39 is 45.6 Å². The fraction of sp³-hybridized carbons (Fsp3) is 0.452. The molecule has 1 saturated carbocycles. The average molecular weight is 758 g/mol. The van der Waals surface area contributed by atoms with Crippen LogP contribution < -0.4 is 5.32 Å². The van der Waals surface area contributed by atoms with Gasteiger partial charge < -0.3 is 24.4 Å². The van der Waals surface area contributed by atoms with Crippen molar-refractivity contribution in [1.82, 2.24) is 20.2 Å². The quantitative estimate of drug-likeness (QED) is 0.160. The number of nitrogens with one attached hydrogen (secondary N) is 1. The van der Waals surface area contributed by atoms with Gasteiger partial charge in [-0.3, -0.25) is 0 Å². The lowest BCUT2D eigenvalue weighted by Crippen LogP contribution is -2.53. The first kappa shape index (κ1) is 40.4. The highest BCUT2D eigenvalue weighted by atomic mass is 35.5. The van der Waals surface area contributed by atoms with Gasteiger partial charge in [-0.1, -0.05) is 72.3 Å². The number of carbonyl (C=O) groups excluding carboxylic acids is 2. The number of nitriles is 1. The lowest BCUT2D eigenvalue weighted by atomic mass is 9.72. The van der Waals surface area contributed by atoms with E-state index in [-0.39, 0.29) is 30.8 Å². The van der Waals surface area contributed by atoms with E-state index in [4.69, 9.17) is 25.8 Å². The number of amides is 2. The second-order valence-electron chi connectivity index (χ2n) is 15.7. The number of ether oxygens (including phenoxy) is 3. The van der Waals surface area contributed by atoms with Gasteiger partial charge in [-0.25, -0.2) is 23.9 Å². The number of allylic oxidation sites excluding steroid dienone is 2. The Bertz CT molecular complexity index is 1850. The standard InChI is InChI=1S/C42H49ClFN5O5/c1-39(2,3)53-37(50)48-31-18-20-32(21-19-31)49(38(51)54-40(4,5)6)26-33(29-14-9-7-10-15-29)42(52-27-34-46-24-13-25-47-34)23-22-41(43,28-45)35(36(42)44)30-16-11-8-12-17-30/h7-17,22-25,31-33H,18-21,26-27H2,1-6H3,(H,48,50). The number of carbonyl (C=O) groups is 2. The Hall–Kier alpha value is -4.79. The molecule has 2 aliphatic carbocycles. The molecule has 10 nitrogen and oxygen atoms in total. The van der Waals surface area contributed by atoms with Crippen LogP contribution in [0.1, 0.15) is 90.1 Å². The summed E-state index contributed by atoms with van der Waals surface area (Å²) in [6.07, 6.45) is 7.29. The third-order valence-electron chi connectivity index (χ3n) is 9.36. The van der Waals surface area contributed by atoms with Gasteiger partial charge in [0.2, 0.25) is 0 Å². The molecule has 3 aromatic rings. The molecular weight excluding hydrogens is 709 g/mol. The number of hydrogen-bond donors (Lipinski definition) is 1. The maximum Gasteiger partial charge on any atom is 0.410 e. The topological polar surface area (TPSA) is 127 Å². The predicted octanol–water partition coefficient (Wildman–Crippen LogP) is 9.04. The Labute approximate surface area is 322 Å². The number of hydrogen-bond acceptors (Lipinski definition) is 8. The minimum Gasteiger partial charge on any atom is -0.444 e. The van der Waals surface area contributed by atoms with Gasteiger partial charge >= 0.3 is 12.2 Å². The van der Waals surface area contributed by atoms with Crippen LogP contribution in [0, 0.1) is 11.3 Å². The van der Waals surface area contributed by atoms with Crippen LogP contribution in [-0.2, 0) is 20.8 Å². The van der Waals surface area contributed by atoms with E-state index in [0.717, 1.165) is 0 Å². The molecule has 1 N–H and O–H groups in total. The Morgan fingerprint density at radius 1 is 0.926 bits per heavy atom. The molecule has 286 valence electrons. The smallest absolute Gasteiger partial charge is 0.410 e. The Kier molecular flexibility index (Phi) is 12.5. The molecule has 0 spiro atoms. The zero-order valence-corrected chi connectivity index (χ0v) is 32.5. The normalized spacial score (nSPS) is 23.5. The molecule has 0 saturated heterocycles. The van der Waals surface area contributed by atoms with Gasteiger partial charge in [-0.2, -0.15) is 5.26 Å². The summed E-state index contributed by atoms with van der Waals surface area (Å²) in [6.45, 7) is 10.6. The van der Waals surface area contributed by atoms with Gasteiger partial charge in [0.25, 0.3) is 0 Å². The number of alkyl carbamates (subject to hydrolysis) is 1. The zero-order valence-electron chi connectivity index (χ0n) is 31.7. The molecule has 2 amide bonds. The van der Waals surface area contributed by atoms with Crippen molar-refractivity contribution < 1.29 is 28.2 Å². The third-order valence-corrected chi connectivity index (χ3v) is 9.76. The summed E-state index contributed by atoms with van der Waals surface area (Å²) >= 11 is 6.94. The number of halogens is 2. The highest BCUT2D eigenvalue weighted by molar-refractivity contribution is 6.34. The van der Waals surface area contributed by atoms with E-state index in [2.05, 4.69) is 21.4 Å². The first-order valence-electron chi connectivity index (χ1n) is 18.2. The lowest BCUT2D eigenvalue weighted by Gasteiger charge is -2.45. The summed E-state index contributed by atoms with van der Waals surface area (Å²) in [6, 6.07) is 21.2. The van der Waals surface area contributed by atoms with Gasteiger partial charge in [0.05, 0.1) is 6.07 Å². The first-order chi connectivity index (χ1) is 25.5. The number of nitrogens with zero attached hydrogens (tertiary/aromatic N) is 4. The minimum absolute atomic E-state index is 0.0366. The molecular formula is C42H49ClFN5O5.